The Morgan fingerprint density at radius 3 is 2.67 bits per heavy atom. The fraction of sp³-hybridized carbons (Fsp3) is 0.471. The van der Waals surface area contributed by atoms with E-state index in [9.17, 15) is 27.6 Å². The number of nitrogens with zero attached hydrogens (tertiary/aromatic N) is 1. The summed E-state index contributed by atoms with van der Waals surface area (Å²) in [6.07, 6.45) is -4.68. The Balaban J connectivity index is 1.94. The smallest absolute Gasteiger partial charge is 0.405 e. The number of halogens is 3. The van der Waals surface area contributed by atoms with E-state index in [1.807, 2.05) is 13.0 Å². The third-order valence-corrected chi connectivity index (χ3v) is 3.92. The van der Waals surface area contributed by atoms with E-state index in [1.165, 1.54) is 12.0 Å². The molecule has 2 amide bonds. The molecule has 1 saturated heterocycles. The SMILES string of the molecule is COc1ccc(C)cc1N1C[C@@H](C(=O)OCC(=O)NCC(F)(F)F)CC1=O. The van der Waals surface area contributed by atoms with Crippen LogP contribution in [0.5, 0.6) is 5.75 Å². The van der Waals surface area contributed by atoms with Gasteiger partial charge in [-0.1, -0.05) is 6.07 Å². The van der Waals surface area contributed by atoms with E-state index in [2.05, 4.69) is 0 Å². The van der Waals surface area contributed by atoms with Crippen molar-refractivity contribution in [3.8, 4) is 5.75 Å². The van der Waals surface area contributed by atoms with E-state index in [1.54, 1.807) is 17.4 Å². The summed E-state index contributed by atoms with van der Waals surface area (Å²) in [4.78, 5) is 37.0. The van der Waals surface area contributed by atoms with Crippen molar-refractivity contribution in [1.82, 2.24) is 5.32 Å². The van der Waals surface area contributed by atoms with E-state index in [4.69, 9.17) is 9.47 Å². The minimum Gasteiger partial charge on any atom is -0.495 e. The van der Waals surface area contributed by atoms with Crippen LogP contribution in [0.25, 0.3) is 0 Å². The van der Waals surface area contributed by atoms with Gasteiger partial charge >= 0.3 is 12.1 Å². The Kier molecular flexibility index (Phi) is 6.29. The first kappa shape index (κ1) is 20.5. The second-order valence-electron chi connectivity index (χ2n) is 6.08. The number of aryl methyl sites for hydroxylation is 1. The molecule has 148 valence electrons. The molecular formula is C17H19F3N2O5. The van der Waals surface area contributed by atoms with Crippen molar-refractivity contribution in [2.75, 3.05) is 31.7 Å². The first-order chi connectivity index (χ1) is 12.6. The number of carbonyl (C=O) groups excluding carboxylic acids is 3. The Morgan fingerprint density at radius 2 is 2.04 bits per heavy atom. The van der Waals surface area contributed by atoms with Gasteiger partial charge in [-0.05, 0) is 24.6 Å². The zero-order valence-corrected chi connectivity index (χ0v) is 14.8. The molecule has 1 N–H and O–H groups in total. The van der Waals surface area contributed by atoms with Gasteiger partial charge in [0.05, 0.1) is 18.7 Å². The molecule has 7 nitrogen and oxygen atoms in total. The van der Waals surface area contributed by atoms with Gasteiger partial charge in [-0.2, -0.15) is 13.2 Å². The lowest BCUT2D eigenvalue weighted by Crippen LogP contribution is -2.37. The molecule has 2 rings (SSSR count). The summed E-state index contributed by atoms with van der Waals surface area (Å²) in [7, 11) is 1.46. The van der Waals surface area contributed by atoms with Gasteiger partial charge in [-0.15, -0.1) is 0 Å². The van der Waals surface area contributed by atoms with Crippen molar-refractivity contribution in [2.24, 2.45) is 5.92 Å². The van der Waals surface area contributed by atoms with Crippen molar-refractivity contribution in [2.45, 2.75) is 19.5 Å². The number of benzene rings is 1. The molecule has 0 saturated carbocycles. The second kappa shape index (κ2) is 8.28. The maximum atomic E-state index is 12.3. The van der Waals surface area contributed by atoms with Crippen molar-refractivity contribution < 1.29 is 37.0 Å². The molecule has 1 atom stereocenters. The first-order valence-electron chi connectivity index (χ1n) is 8.06. The first-order valence-corrected chi connectivity index (χ1v) is 8.06. The topological polar surface area (TPSA) is 84.9 Å². The Hall–Kier alpha value is -2.78. The molecule has 0 spiro atoms. The van der Waals surface area contributed by atoms with Crippen LogP contribution in [-0.4, -0.2) is 50.8 Å². The van der Waals surface area contributed by atoms with Crippen LogP contribution in [0.1, 0.15) is 12.0 Å². The number of esters is 1. The molecule has 0 bridgehead atoms. The van der Waals surface area contributed by atoms with Crippen LogP contribution < -0.4 is 15.0 Å². The summed E-state index contributed by atoms with van der Waals surface area (Å²) in [5, 5.41) is 1.60. The fourth-order valence-electron chi connectivity index (χ4n) is 2.61. The molecule has 0 radical (unpaired) electrons. The van der Waals surface area contributed by atoms with Gasteiger partial charge in [0.15, 0.2) is 6.61 Å². The number of nitrogens with one attached hydrogen (secondary N) is 1. The van der Waals surface area contributed by atoms with Crippen molar-refractivity contribution in [3.63, 3.8) is 0 Å². The van der Waals surface area contributed by atoms with Gasteiger partial charge in [0.1, 0.15) is 12.3 Å². The molecule has 0 unspecified atom stereocenters. The molecule has 1 fully saturated rings. The van der Waals surface area contributed by atoms with Crippen LogP contribution >= 0.6 is 0 Å². The normalized spacial score (nSPS) is 17.0. The predicted molar refractivity (Wildman–Crippen MR) is 88.2 cm³/mol. The molecule has 1 heterocycles. The molecule has 1 aromatic carbocycles. The summed E-state index contributed by atoms with van der Waals surface area (Å²) in [5.41, 5.74) is 1.41. The van der Waals surface area contributed by atoms with Crippen molar-refractivity contribution in [1.29, 1.82) is 0 Å². The highest BCUT2D eigenvalue weighted by Gasteiger charge is 2.37. The Bertz CT molecular complexity index is 736. The van der Waals surface area contributed by atoms with Gasteiger partial charge in [0, 0.05) is 13.0 Å². The number of rotatable bonds is 6. The highest BCUT2D eigenvalue weighted by atomic mass is 19.4. The summed E-state index contributed by atoms with van der Waals surface area (Å²) < 4.78 is 46.0. The standard InChI is InChI=1S/C17H19F3N2O5/c1-10-3-4-13(26-2)12(5-10)22-7-11(6-15(22)24)16(25)27-8-14(23)21-9-17(18,19)20/h3-5,11H,6-9H2,1-2H3,(H,21,23)/t11-/m0/s1. The van der Waals surface area contributed by atoms with Crippen LogP contribution in [0.3, 0.4) is 0 Å². The summed E-state index contributed by atoms with van der Waals surface area (Å²) in [6, 6.07) is 5.26. The van der Waals surface area contributed by atoms with E-state index < -0.39 is 37.1 Å². The second-order valence-corrected chi connectivity index (χ2v) is 6.08. The molecule has 1 aromatic rings. The average molecular weight is 388 g/mol. The average Bonchev–Trinajstić information content (AvgIpc) is 2.99. The molecule has 1 aliphatic heterocycles. The number of methoxy groups -OCH3 is 1. The molecule has 0 aliphatic carbocycles. The van der Waals surface area contributed by atoms with E-state index in [0.717, 1.165) is 5.56 Å². The third kappa shape index (κ3) is 5.60. The summed E-state index contributed by atoms with van der Waals surface area (Å²) in [5.74, 6) is -2.56. The summed E-state index contributed by atoms with van der Waals surface area (Å²) >= 11 is 0. The minimum absolute atomic E-state index is 0.0294. The minimum atomic E-state index is -4.55. The Labute approximate surface area is 153 Å². The van der Waals surface area contributed by atoms with Gasteiger partial charge in [0.2, 0.25) is 5.91 Å². The zero-order chi connectivity index (χ0) is 20.2. The van der Waals surface area contributed by atoms with Gasteiger partial charge in [-0.25, -0.2) is 0 Å². The zero-order valence-electron chi connectivity index (χ0n) is 14.8. The lowest BCUT2D eigenvalue weighted by atomic mass is 10.1. The molecule has 27 heavy (non-hydrogen) atoms. The molecular weight excluding hydrogens is 369 g/mol. The van der Waals surface area contributed by atoms with Gasteiger partial charge in [-0.3, -0.25) is 14.4 Å². The monoisotopic (exact) mass is 388 g/mol. The van der Waals surface area contributed by atoms with Crippen LogP contribution in [0.2, 0.25) is 0 Å². The molecule has 0 aromatic heterocycles. The number of carbonyl (C=O) groups is 3. The number of anilines is 1. The summed E-state index contributed by atoms with van der Waals surface area (Å²) in [6.45, 7) is -0.476. The van der Waals surface area contributed by atoms with Crippen LogP contribution in [0.4, 0.5) is 18.9 Å². The van der Waals surface area contributed by atoms with Crippen molar-refractivity contribution in [3.05, 3.63) is 23.8 Å². The fourth-order valence-corrected chi connectivity index (χ4v) is 2.61. The third-order valence-electron chi connectivity index (χ3n) is 3.92. The van der Waals surface area contributed by atoms with Crippen LogP contribution in [0, 0.1) is 12.8 Å². The number of hydrogen-bond donors (Lipinski definition) is 1. The molecule has 10 heteroatoms. The van der Waals surface area contributed by atoms with Crippen LogP contribution in [-0.2, 0) is 19.1 Å². The van der Waals surface area contributed by atoms with E-state index in [-0.39, 0.29) is 18.9 Å². The number of ether oxygens (including phenoxy) is 2. The van der Waals surface area contributed by atoms with Crippen LogP contribution in [0.15, 0.2) is 18.2 Å². The van der Waals surface area contributed by atoms with Gasteiger partial charge in [0.25, 0.3) is 5.91 Å². The van der Waals surface area contributed by atoms with E-state index >= 15 is 0 Å². The van der Waals surface area contributed by atoms with Gasteiger partial charge < -0.3 is 19.7 Å². The van der Waals surface area contributed by atoms with E-state index in [0.29, 0.717) is 11.4 Å². The number of amides is 2. The highest BCUT2D eigenvalue weighted by molar-refractivity contribution is 6.00. The largest absolute Gasteiger partial charge is 0.495 e. The Morgan fingerprint density at radius 1 is 1.33 bits per heavy atom. The number of alkyl halides is 3. The lowest BCUT2D eigenvalue weighted by molar-refractivity contribution is -0.154. The number of hydrogen-bond acceptors (Lipinski definition) is 5. The maximum absolute atomic E-state index is 12.3. The quantitative estimate of drug-likeness (QED) is 0.748. The molecule has 1 aliphatic rings. The maximum Gasteiger partial charge on any atom is 0.405 e. The lowest BCUT2D eigenvalue weighted by Gasteiger charge is -2.20. The van der Waals surface area contributed by atoms with Crippen molar-refractivity contribution >= 4 is 23.5 Å². The highest BCUT2D eigenvalue weighted by Crippen LogP contribution is 2.34. The predicted octanol–water partition coefficient (Wildman–Crippen LogP) is 1.58.